The first-order chi connectivity index (χ1) is 9.09. The largest absolute Gasteiger partial charge is 0.265 e. The highest BCUT2D eigenvalue weighted by Gasteiger charge is 2.35. The lowest BCUT2D eigenvalue weighted by molar-refractivity contribution is 0.285. The summed E-state index contributed by atoms with van der Waals surface area (Å²) in [6.45, 7) is 3.65. The van der Waals surface area contributed by atoms with Gasteiger partial charge in [0.25, 0.3) is 10.0 Å². The van der Waals surface area contributed by atoms with E-state index in [0.29, 0.717) is 31.1 Å². The van der Waals surface area contributed by atoms with E-state index in [2.05, 4.69) is 16.9 Å². The van der Waals surface area contributed by atoms with Crippen molar-refractivity contribution in [3.63, 3.8) is 0 Å². The van der Waals surface area contributed by atoms with Crippen LogP contribution in [0.3, 0.4) is 0 Å². The number of rotatable bonds is 1. The Bertz CT molecular complexity index is 625. The van der Waals surface area contributed by atoms with Gasteiger partial charge in [-0.05, 0) is 30.9 Å². The molecule has 6 heteroatoms. The predicted octanol–water partition coefficient (Wildman–Crippen LogP) is 1.40. The summed E-state index contributed by atoms with van der Waals surface area (Å²) in [6.07, 6.45) is 3.69. The SMILES string of the molecule is CC1CCCN(S(=O)(=O)C2=NCc3ncccc32)C1. The predicted molar refractivity (Wildman–Crippen MR) is 73.4 cm³/mol. The maximum absolute atomic E-state index is 12.7. The van der Waals surface area contributed by atoms with Crippen molar-refractivity contribution < 1.29 is 8.42 Å². The van der Waals surface area contributed by atoms with E-state index in [1.54, 1.807) is 22.6 Å². The monoisotopic (exact) mass is 279 g/mol. The van der Waals surface area contributed by atoms with E-state index in [9.17, 15) is 8.42 Å². The maximum Gasteiger partial charge on any atom is 0.260 e. The zero-order valence-corrected chi connectivity index (χ0v) is 11.7. The highest BCUT2D eigenvalue weighted by Crippen LogP contribution is 2.25. The Morgan fingerprint density at radius 1 is 1.42 bits per heavy atom. The zero-order valence-electron chi connectivity index (χ0n) is 10.9. The molecule has 0 bridgehead atoms. The minimum Gasteiger partial charge on any atom is -0.265 e. The van der Waals surface area contributed by atoms with E-state index in [1.165, 1.54) is 0 Å². The summed E-state index contributed by atoms with van der Waals surface area (Å²) in [5.41, 5.74) is 1.42. The van der Waals surface area contributed by atoms with Crippen molar-refractivity contribution in [1.82, 2.24) is 9.29 Å². The maximum atomic E-state index is 12.7. The third-order valence-electron chi connectivity index (χ3n) is 3.70. The topological polar surface area (TPSA) is 62.6 Å². The molecule has 2 aliphatic heterocycles. The average molecular weight is 279 g/mol. The fourth-order valence-corrected chi connectivity index (χ4v) is 4.45. The molecule has 3 rings (SSSR count). The van der Waals surface area contributed by atoms with Crippen LogP contribution in [0.15, 0.2) is 23.3 Å². The van der Waals surface area contributed by atoms with Gasteiger partial charge in [0.05, 0.1) is 12.2 Å². The zero-order chi connectivity index (χ0) is 13.5. The molecule has 0 N–H and O–H groups in total. The molecule has 1 atom stereocenters. The van der Waals surface area contributed by atoms with E-state index < -0.39 is 10.0 Å². The fourth-order valence-electron chi connectivity index (χ4n) is 2.70. The minimum absolute atomic E-state index is 0.199. The number of aromatic nitrogens is 1. The molecule has 0 amide bonds. The number of hydrogen-bond donors (Lipinski definition) is 0. The summed E-state index contributed by atoms with van der Waals surface area (Å²) in [4.78, 5) is 8.39. The molecule has 2 aliphatic rings. The van der Waals surface area contributed by atoms with Crippen LogP contribution < -0.4 is 0 Å². The van der Waals surface area contributed by atoms with E-state index in [-0.39, 0.29) is 5.04 Å². The molecule has 19 heavy (non-hydrogen) atoms. The highest BCUT2D eigenvalue weighted by molar-refractivity contribution is 8.05. The van der Waals surface area contributed by atoms with Crippen LogP contribution in [-0.4, -0.2) is 35.8 Å². The molecule has 1 fully saturated rings. The third-order valence-corrected chi connectivity index (χ3v) is 5.55. The van der Waals surface area contributed by atoms with Crippen LogP contribution in [0.2, 0.25) is 0 Å². The van der Waals surface area contributed by atoms with Crippen LogP contribution in [-0.2, 0) is 16.6 Å². The summed E-state index contributed by atoms with van der Waals surface area (Å²) in [6, 6.07) is 3.55. The Morgan fingerprint density at radius 2 is 2.26 bits per heavy atom. The summed E-state index contributed by atoms with van der Waals surface area (Å²) in [5, 5.41) is 0.199. The number of fused-ring (bicyclic) bond motifs is 1. The van der Waals surface area contributed by atoms with E-state index >= 15 is 0 Å². The van der Waals surface area contributed by atoms with Crippen molar-refractivity contribution in [2.75, 3.05) is 13.1 Å². The Morgan fingerprint density at radius 3 is 3.05 bits per heavy atom. The van der Waals surface area contributed by atoms with Crippen molar-refractivity contribution in [1.29, 1.82) is 0 Å². The number of nitrogens with zero attached hydrogens (tertiary/aromatic N) is 3. The Hall–Kier alpha value is -1.27. The molecule has 0 aliphatic carbocycles. The molecule has 3 heterocycles. The molecule has 0 saturated carbocycles. The molecule has 1 aromatic heterocycles. The van der Waals surface area contributed by atoms with Crippen molar-refractivity contribution in [3.8, 4) is 0 Å². The lowest BCUT2D eigenvalue weighted by Gasteiger charge is -2.29. The molecule has 102 valence electrons. The van der Waals surface area contributed by atoms with E-state index in [0.717, 1.165) is 18.5 Å². The smallest absolute Gasteiger partial charge is 0.260 e. The van der Waals surface area contributed by atoms with Gasteiger partial charge in [-0.1, -0.05) is 6.92 Å². The minimum atomic E-state index is -3.46. The quantitative estimate of drug-likeness (QED) is 0.780. The second kappa shape index (κ2) is 4.68. The highest BCUT2D eigenvalue weighted by atomic mass is 32.2. The molecule has 1 aromatic rings. The second-order valence-electron chi connectivity index (χ2n) is 5.23. The van der Waals surface area contributed by atoms with E-state index in [1.807, 2.05) is 0 Å². The standard InChI is InChI=1S/C13H17N3O2S/c1-10-4-3-7-16(9-10)19(17,18)13-11-5-2-6-14-12(11)8-15-13/h2,5-6,10H,3-4,7-9H2,1H3. The number of pyridine rings is 1. The van der Waals surface area contributed by atoms with Crippen LogP contribution in [0, 0.1) is 5.92 Å². The van der Waals surface area contributed by atoms with Gasteiger partial charge in [0.15, 0.2) is 5.04 Å². The summed E-state index contributed by atoms with van der Waals surface area (Å²) in [5.74, 6) is 0.416. The van der Waals surface area contributed by atoms with Crippen LogP contribution >= 0.6 is 0 Å². The summed E-state index contributed by atoms with van der Waals surface area (Å²) >= 11 is 0. The van der Waals surface area contributed by atoms with Gasteiger partial charge in [-0.2, -0.15) is 4.31 Å². The molecular weight excluding hydrogens is 262 g/mol. The molecular formula is C13H17N3O2S. The first kappa shape index (κ1) is 12.7. The van der Waals surface area contributed by atoms with Gasteiger partial charge in [0.1, 0.15) is 0 Å². The van der Waals surface area contributed by atoms with Crippen molar-refractivity contribution in [2.24, 2.45) is 10.9 Å². The summed E-state index contributed by atoms with van der Waals surface area (Å²) in [7, 11) is -3.46. The lowest BCUT2D eigenvalue weighted by Crippen LogP contribution is -2.42. The molecule has 1 unspecified atom stereocenters. The van der Waals surface area contributed by atoms with Gasteiger partial charge in [0, 0.05) is 24.8 Å². The van der Waals surface area contributed by atoms with Gasteiger partial charge in [-0.3, -0.25) is 9.98 Å². The normalized spacial score (nSPS) is 24.1. The first-order valence-electron chi connectivity index (χ1n) is 6.58. The lowest BCUT2D eigenvalue weighted by atomic mass is 10.0. The van der Waals surface area contributed by atoms with Crippen LogP contribution in [0.1, 0.15) is 31.0 Å². The molecule has 5 nitrogen and oxygen atoms in total. The van der Waals surface area contributed by atoms with Crippen LogP contribution in [0.25, 0.3) is 0 Å². The third kappa shape index (κ3) is 2.19. The molecule has 0 aromatic carbocycles. The average Bonchev–Trinajstić information content (AvgIpc) is 2.83. The number of piperidine rings is 1. The molecule has 1 saturated heterocycles. The Balaban J connectivity index is 1.94. The van der Waals surface area contributed by atoms with Gasteiger partial charge < -0.3 is 0 Å². The number of hydrogen-bond acceptors (Lipinski definition) is 4. The second-order valence-corrected chi connectivity index (χ2v) is 7.08. The number of sulfonamides is 1. The Kier molecular flexibility index (Phi) is 3.14. The fraction of sp³-hybridized carbons (Fsp3) is 0.538. The summed E-state index contributed by atoms with van der Waals surface area (Å²) < 4.78 is 26.9. The first-order valence-corrected chi connectivity index (χ1v) is 8.02. The van der Waals surface area contributed by atoms with Crippen molar-refractivity contribution in [2.45, 2.75) is 26.3 Å². The van der Waals surface area contributed by atoms with Crippen LogP contribution in [0.4, 0.5) is 0 Å². The molecule has 0 radical (unpaired) electrons. The van der Waals surface area contributed by atoms with E-state index in [4.69, 9.17) is 0 Å². The Labute approximate surface area is 113 Å². The van der Waals surface area contributed by atoms with Crippen LogP contribution in [0.5, 0.6) is 0 Å². The van der Waals surface area contributed by atoms with Gasteiger partial charge in [-0.25, -0.2) is 8.42 Å². The van der Waals surface area contributed by atoms with Gasteiger partial charge >= 0.3 is 0 Å². The van der Waals surface area contributed by atoms with Crippen molar-refractivity contribution in [3.05, 3.63) is 29.6 Å². The molecule has 0 spiro atoms. The van der Waals surface area contributed by atoms with Gasteiger partial charge in [0.2, 0.25) is 0 Å². The van der Waals surface area contributed by atoms with Gasteiger partial charge in [-0.15, -0.1) is 0 Å². The number of aliphatic imine (C=N–C) groups is 1. The van der Waals surface area contributed by atoms with Crippen molar-refractivity contribution >= 4 is 15.1 Å².